The Bertz CT molecular complexity index is 993. The zero-order valence-electron chi connectivity index (χ0n) is 15.3. The van der Waals surface area contributed by atoms with Gasteiger partial charge in [0.2, 0.25) is 0 Å². The number of halogens is 1. The maximum absolute atomic E-state index is 12.7. The van der Waals surface area contributed by atoms with Gasteiger partial charge in [0.05, 0.1) is 24.7 Å². The van der Waals surface area contributed by atoms with Gasteiger partial charge in [0.25, 0.3) is 0 Å². The number of fused-ring (bicyclic) bond motifs is 1. The molecule has 25 heavy (non-hydrogen) atoms. The third-order valence-electron chi connectivity index (χ3n) is 4.56. The van der Waals surface area contributed by atoms with Crippen LogP contribution in [0.5, 0.6) is 5.75 Å². The zero-order valence-corrected chi connectivity index (χ0v) is 16.8. The number of methoxy groups -OCH3 is 1. The number of para-hydroxylation sites is 2. The van der Waals surface area contributed by atoms with E-state index in [-0.39, 0.29) is 11.1 Å². The van der Waals surface area contributed by atoms with Gasteiger partial charge in [-0.25, -0.2) is 4.79 Å². The molecule has 0 saturated carbocycles. The van der Waals surface area contributed by atoms with E-state index in [0.717, 1.165) is 32.4 Å². The molecule has 3 aromatic rings. The molecule has 0 radical (unpaired) electrons. The van der Waals surface area contributed by atoms with E-state index >= 15 is 0 Å². The lowest BCUT2D eigenvalue weighted by atomic mass is 9.86. The summed E-state index contributed by atoms with van der Waals surface area (Å²) in [4.78, 5) is 12.7. The number of benzene rings is 2. The maximum Gasteiger partial charge on any atom is 0.329 e. The minimum atomic E-state index is -0.0251. The minimum Gasteiger partial charge on any atom is -0.496 e. The quantitative estimate of drug-likeness (QED) is 0.648. The summed E-state index contributed by atoms with van der Waals surface area (Å²) in [5, 5.41) is 0. The Balaban J connectivity index is 2.14. The molecule has 132 valence electrons. The Hall–Kier alpha value is -2.01. The highest BCUT2D eigenvalue weighted by Gasteiger charge is 2.21. The van der Waals surface area contributed by atoms with Crippen LogP contribution in [0.3, 0.4) is 0 Å². The molecule has 3 rings (SSSR count). The molecule has 2 aromatic carbocycles. The fourth-order valence-electron chi connectivity index (χ4n) is 3.16. The predicted octanol–water partition coefficient (Wildman–Crippen LogP) is 4.46. The lowest BCUT2D eigenvalue weighted by molar-refractivity contribution is 0.396. The second-order valence-electron chi connectivity index (χ2n) is 7.31. The lowest BCUT2D eigenvalue weighted by Gasteiger charge is -2.23. The third kappa shape index (κ3) is 3.13. The molecule has 0 aliphatic heterocycles. The second-order valence-corrected chi connectivity index (χ2v) is 8.16. The van der Waals surface area contributed by atoms with Crippen LogP contribution >= 0.6 is 15.9 Å². The first-order chi connectivity index (χ1) is 11.7. The van der Waals surface area contributed by atoms with E-state index in [2.05, 4.69) is 42.8 Å². The minimum absolute atomic E-state index is 0.0213. The van der Waals surface area contributed by atoms with Crippen LogP contribution in [0, 0.1) is 0 Å². The third-order valence-corrected chi connectivity index (χ3v) is 5.29. The molecule has 0 saturated heterocycles. The molecule has 0 aliphatic carbocycles. The second kappa shape index (κ2) is 6.37. The van der Waals surface area contributed by atoms with E-state index in [1.807, 2.05) is 30.3 Å². The summed E-state index contributed by atoms with van der Waals surface area (Å²) in [6.45, 7) is 6.96. The Labute approximate surface area is 156 Å². The van der Waals surface area contributed by atoms with Gasteiger partial charge < -0.3 is 4.74 Å². The van der Waals surface area contributed by atoms with Crippen molar-refractivity contribution < 1.29 is 4.74 Å². The van der Waals surface area contributed by atoms with Gasteiger partial charge in [-0.05, 0) is 35.2 Å². The zero-order chi connectivity index (χ0) is 18.4. The van der Waals surface area contributed by atoms with Gasteiger partial charge in [-0.15, -0.1) is 0 Å². The van der Waals surface area contributed by atoms with Crippen LogP contribution in [-0.2, 0) is 19.0 Å². The summed E-state index contributed by atoms with van der Waals surface area (Å²) in [5.74, 6) is 0.846. The molecule has 4 nitrogen and oxygen atoms in total. The van der Waals surface area contributed by atoms with Crippen molar-refractivity contribution in [2.75, 3.05) is 7.11 Å². The number of aromatic nitrogens is 2. The molecule has 0 bridgehead atoms. The number of rotatable bonds is 3. The van der Waals surface area contributed by atoms with Crippen molar-refractivity contribution in [3.05, 3.63) is 62.5 Å². The van der Waals surface area contributed by atoms with Gasteiger partial charge in [0.15, 0.2) is 0 Å². The number of hydrogen-bond acceptors (Lipinski definition) is 2. The first-order valence-corrected chi connectivity index (χ1v) is 9.04. The molecular weight excluding hydrogens is 380 g/mol. The SMILES string of the molecule is COc1cc(Cn2c(=O)n(C)c3ccccc32)c(Br)cc1C(C)(C)C. The normalized spacial score (nSPS) is 11.9. The average Bonchev–Trinajstić information content (AvgIpc) is 2.80. The molecule has 1 heterocycles. The fourth-order valence-corrected chi connectivity index (χ4v) is 3.63. The fraction of sp³-hybridized carbons (Fsp3) is 0.350. The molecule has 0 unspecified atom stereocenters. The van der Waals surface area contributed by atoms with E-state index in [1.165, 1.54) is 0 Å². The van der Waals surface area contributed by atoms with Crippen molar-refractivity contribution in [2.45, 2.75) is 32.7 Å². The molecule has 0 atom stereocenters. The average molecular weight is 403 g/mol. The van der Waals surface area contributed by atoms with E-state index < -0.39 is 0 Å². The number of imidazole rings is 1. The van der Waals surface area contributed by atoms with Crippen LogP contribution in [0.25, 0.3) is 11.0 Å². The Morgan fingerprint density at radius 3 is 2.36 bits per heavy atom. The van der Waals surface area contributed by atoms with Crippen LogP contribution in [0.4, 0.5) is 0 Å². The Morgan fingerprint density at radius 1 is 1.12 bits per heavy atom. The summed E-state index contributed by atoms with van der Waals surface area (Å²) in [7, 11) is 3.49. The van der Waals surface area contributed by atoms with Crippen molar-refractivity contribution in [3.63, 3.8) is 0 Å². The summed E-state index contributed by atoms with van der Waals surface area (Å²) in [6.07, 6.45) is 0. The maximum atomic E-state index is 12.7. The van der Waals surface area contributed by atoms with E-state index in [1.54, 1.807) is 23.3 Å². The lowest BCUT2D eigenvalue weighted by Crippen LogP contribution is -2.23. The van der Waals surface area contributed by atoms with E-state index in [9.17, 15) is 4.79 Å². The van der Waals surface area contributed by atoms with Crippen molar-refractivity contribution in [2.24, 2.45) is 7.05 Å². The van der Waals surface area contributed by atoms with Crippen LogP contribution in [-0.4, -0.2) is 16.2 Å². The van der Waals surface area contributed by atoms with E-state index in [4.69, 9.17) is 4.74 Å². The van der Waals surface area contributed by atoms with E-state index in [0.29, 0.717) is 6.54 Å². The van der Waals surface area contributed by atoms with Crippen molar-refractivity contribution in [3.8, 4) is 5.75 Å². The molecule has 0 amide bonds. The van der Waals surface area contributed by atoms with Crippen molar-refractivity contribution in [1.29, 1.82) is 0 Å². The Morgan fingerprint density at radius 2 is 1.76 bits per heavy atom. The highest BCUT2D eigenvalue weighted by atomic mass is 79.9. The first kappa shape index (κ1) is 17.8. The highest BCUT2D eigenvalue weighted by molar-refractivity contribution is 9.10. The van der Waals surface area contributed by atoms with Gasteiger partial charge >= 0.3 is 5.69 Å². The highest BCUT2D eigenvalue weighted by Crippen LogP contribution is 2.36. The summed E-state index contributed by atoms with van der Waals surface area (Å²) < 4.78 is 10.1. The standard InChI is InChI=1S/C20H23BrN2O2/c1-20(2,3)14-11-15(21)13(10-18(14)25-5)12-23-17-9-7-6-8-16(17)22(4)19(23)24/h6-11H,12H2,1-5H3. The number of aryl methyl sites for hydroxylation is 1. The summed E-state index contributed by atoms with van der Waals surface area (Å²) in [5.41, 5.74) is 3.97. The molecule has 5 heteroatoms. The summed E-state index contributed by atoms with van der Waals surface area (Å²) >= 11 is 3.68. The Kier molecular flexibility index (Phi) is 4.54. The van der Waals surface area contributed by atoms with Gasteiger partial charge in [-0.2, -0.15) is 0 Å². The molecule has 0 aliphatic rings. The van der Waals surface area contributed by atoms with Crippen LogP contribution in [0.2, 0.25) is 0 Å². The number of nitrogens with zero attached hydrogens (tertiary/aromatic N) is 2. The molecule has 0 spiro atoms. The predicted molar refractivity (Wildman–Crippen MR) is 106 cm³/mol. The van der Waals surface area contributed by atoms with Gasteiger partial charge in [0.1, 0.15) is 5.75 Å². The monoisotopic (exact) mass is 402 g/mol. The smallest absolute Gasteiger partial charge is 0.329 e. The largest absolute Gasteiger partial charge is 0.496 e. The molecular formula is C20H23BrN2O2. The van der Waals surface area contributed by atoms with Gasteiger partial charge in [0, 0.05) is 17.1 Å². The van der Waals surface area contributed by atoms with Crippen LogP contribution in [0.15, 0.2) is 45.7 Å². The van der Waals surface area contributed by atoms with Gasteiger partial charge in [-0.3, -0.25) is 9.13 Å². The van der Waals surface area contributed by atoms with Crippen LogP contribution in [0.1, 0.15) is 31.9 Å². The van der Waals surface area contributed by atoms with Crippen molar-refractivity contribution >= 4 is 27.0 Å². The number of ether oxygens (including phenoxy) is 1. The molecule has 1 aromatic heterocycles. The molecule has 0 fully saturated rings. The van der Waals surface area contributed by atoms with Crippen LogP contribution < -0.4 is 10.4 Å². The first-order valence-electron chi connectivity index (χ1n) is 8.25. The summed E-state index contributed by atoms with van der Waals surface area (Å²) in [6, 6.07) is 12.0. The van der Waals surface area contributed by atoms with Gasteiger partial charge in [-0.1, -0.05) is 48.8 Å². The topological polar surface area (TPSA) is 36.2 Å². The molecule has 0 N–H and O–H groups in total. The van der Waals surface area contributed by atoms with Crippen molar-refractivity contribution in [1.82, 2.24) is 9.13 Å². The number of hydrogen-bond donors (Lipinski definition) is 0.